The van der Waals surface area contributed by atoms with Crippen molar-refractivity contribution in [3.05, 3.63) is 42.2 Å². The number of imidazole rings is 1. The minimum absolute atomic E-state index is 0. The number of halogens is 1. The molecule has 1 unspecified atom stereocenters. The summed E-state index contributed by atoms with van der Waals surface area (Å²) in [5, 5.41) is 7.25. The number of carbonyl (C=O) groups is 1. The molecule has 0 radical (unpaired) electrons. The van der Waals surface area contributed by atoms with Crippen molar-refractivity contribution >= 4 is 35.3 Å². The van der Waals surface area contributed by atoms with Gasteiger partial charge in [-0.05, 0) is 19.2 Å². The van der Waals surface area contributed by atoms with Gasteiger partial charge in [-0.3, -0.25) is 14.4 Å². The summed E-state index contributed by atoms with van der Waals surface area (Å²) < 4.78 is 3.80. The molecule has 1 atom stereocenters. The molecular weight excluding hydrogens is 328 g/mol. The largest absolute Gasteiger partial charge is 0.308 e. The molecule has 1 amide bonds. The van der Waals surface area contributed by atoms with Crippen LogP contribution in [0.25, 0.3) is 11.0 Å². The molecule has 0 fully saturated rings. The molecule has 126 valence electrons. The van der Waals surface area contributed by atoms with Crippen molar-refractivity contribution < 1.29 is 4.79 Å². The van der Waals surface area contributed by atoms with E-state index in [-0.39, 0.29) is 18.3 Å². The number of carbonyl (C=O) groups excluding carboxylic acids is 1. The first-order valence-electron chi connectivity index (χ1n) is 7.61. The van der Waals surface area contributed by atoms with Gasteiger partial charge in [-0.2, -0.15) is 5.10 Å². The standard InChI is InChI=1S/C16H18N6O.ClH/c1-17-14(11-9-18-20(2)10-11)15(23)22-8-7-21-13-6-4-3-5-12(13)19-16(21)22;/h3-6,9-10,14,17H,7-8H2,1-2H3;1H. The summed E-state index contributed by atoms with van der Waals surface area (Å²) in [6.07, 6.45) is 3.58. The van der Waals surface area contributed by atoms with E-state index in [0.29, 0.717) is 6.54 Å². The van der Waals surface area contributed by atoms with E-state index in [0.717, 1.165) is 29.1 Å². The summed E-state index contributed by atoms with van der Waals surface area (Å²) >= 11 is 0. The van der Waals surface area contributed by atoms with E-state index in [1.807, 2.05) is 37.5 Å². The van der Waals surface area contributed by atoms with Gasteiger partial charge in [0.15, 0.2) is 0 Å². The second kappa shape index (κ2) is 6.26. The van der Waals surface area contributed by atoms with Crippen molar-refractivity contribution in [3.63, 3.8) is 0 Å². The maximum absolute atomic E-state index is 13.0. The lowest BCUT2D eigenvalue weighted by molar-refractivity contribution is -0.120. The third-order valence-corrected chi connectivity index (χ3v) is 4.28. The topological polar surface area (TPSA) is 68.0 Å². The van der Waals surface area contributed by atoms with Crippen LogP contribution in [0, 0.1) is 0 Å². The highest BCUT2D eigenvalue weighted by atomic mass is 35.5. The zero-order valence-corrected chi connectivity index (χ0v) is 14.3. The number of benzene rings is 1. The van der Waals surface area contributed by atoms with Gasteiger partial charge in [0.25, 0.3) is 5.91 Å². The molecule has 0 saturated heterocycles. The van der Waals surface area contributed by atoms with Crippen LogP contribution >= 0.6 is 12.4 Å². The first kappa shape index (κ1) is 16.5. The van der Waals surface area contributed by atoms with E-state index in [9.17, 15) is 4.79 Å². The lowest BCUT2D eigenvalue weighted by atomic mass is 10.1. The Balaban J connectivity index is 0.00000169. The van der Waals surface area contributed by atoms with Gasteiger partial charge in [0.2, 0.25) is 5.95 Å². The number of aryl methyl sites for hydroxylation is 1. The third kappa shape index (κ3) is 2.46. The molecule has 4 rings (SSSR count). The first-order chi connectivity index (χ1) is 11.2. The molecule has 1 aliphatic heterocycles. The summed E-state index contributed by atoms with van der Waals surface area (Å²) in [5.74, 6) is 0.717. The van der Waals surface area contributed by atoms with E-state index < -0.39 is 6.04 Å². The van der Waals surface area contributed by atoms with Crippen LogP contribution in [0.3, 0.4) is 0 Å². The molecule has 7 nitrogen and oxygen atoms in total. The Hall–Kier alpha value is -2.38. The molecule has 8 heteroatoms. The number of nitrogens with zero attached hydrogens (tertiary/aromatic N) is 5. The Bertz CT molecular complexity index is 886. The SMILES string of the molecule is CNC(C(=O)N1CCn2c1nc1ccccc12)c1cnn(C)c1.Cl. The van der Waals surface area contributed by atoms with Gasteiger partial charge >= 0.3 is 0 Å². The molecule has 1 aliphatic rings. The van der Waals surface area contributed by atoms with Gasteiger partial charge in [-0.25, -0.2) is 4.98 Å². The second-order valence-electron chi connectivity index (χ2n) is 5.71. The van der Waals surface area contributed by atoms with Crippen molar-refractivity contribution in [1.82, 2.24) is 24.6 Å². The lowest BCUT2D eigenvalue weighted by Crippen LogP contribution is -2.39. The van der Waals surface area contributed by atoms with E-state index in [1.165, 1.54) is 0 Å². The molecule has 1 aromatic carbocycles. The number of fused-ring (bicyclic) bond motifs is 3. The number of aromatic nitrogens is 4. The number of anilines is 1. The zero-order valence-electron chi connectivity index (χ0n) is 13.5. The van der Waals surface area contributed by atoms with Crippen LogP contribution < -0.4 is 10.2 Å². The minimum Gasteiger partial charge on any atom is -0.308 e. The predicted octanol–water partition coefficient (Wildman–Crippen LogP) is 1.50. The van der Waals surface area contributed by atoms with Crippen molar-refractivity contribution in [1.29, 1.82) is 0 Å². The van der Waals surface area contributed by atoms with Crippen molar-refractivity contribution in [2.75, 3.05) is 18.5 Å². The first-order valence-corrected chi connectivity index (χ1v) is 7.61. The van der Waals surface area contributed by atoms with Crippen molar-refractivity contribution in [3.8, 4) is 0 Å². The number of amides is 1. The van der Waals surface area contributed by atoms with Gasteiger partial charge in [-0.15, -0.1) is 12.4 Å². The zero-order chi connectivity index (χ0) is 16.0. The minimum atomic E-state index is -0.421. The van der Waals surface area contributed by atoms with Gasteiger partial charge in [-0.1, -0.05) is 12.1 Å². The molecule has 0 saturated carbocycles. The fourth-order valence-electron chi connectivity index (χ4n) is 3.18. The Morgan fingerprint density at radius 1 is 1.29 bits per heavy atom. The van der Waals surface area contributed by atoms with Gasteiger partial charge in [0.1, 0.15) is 6.04 Å². The quantitative estimate of drug-likeness (QED) is 0.780. The number of rotatable bonds is 3. The number of para-hydroxylation sites is 2. The summed E-state index contributed by atoms with van der Waals surface area (Å²) in [6, 6.07) is 7.54. The Labute approximate surface area is 145 Å². The fraction of sp³-hybridized carbons (Fsp3) is 0.312. The normalized spacial score (nSPS) is 14.5. The fourth-order valence-corrected chi connectivity index (χ4v) is 3.18. The average molecular weight is 347 g/mol. The summed E-state index contributed by atoms with van der Waals surface area (Å²) in [4.78, 5) is 19.4. The Kier molecular flexibility index (Phi) is 4.29. The highest BCUT2D eigenvalue weighted by Crippen LogP contribution is 2.29. The number of hydrogen-bond donors (Lipinski definition) is 1. The van der Waals surface area contributed by atoms with Crippen LogP contribution in [0.1, 0.15) is 11.6 Å². The van der Waals surface area contributed by atoms with Gasteiger partial charge in [0.05, 0.1) is 17.2 Å². The Morgan fingerprint density at radius 2 is 2.08 bits per heavy atom. The molecule has 0 aliphatic carbocycles. The number of likely N-dealkylation sites (N-methyl/N-ethyl adjacent to an activating group) is 1. The van der Waals surface area contributed by atoms with Crippen LogP contribution in [0.2, 0.25) is 0 Å². The molecule has 0 spiro atoms. The summed E-state index contributed by atoms with van der Waals surface area (Å²) in [5.41, 5.74) is 2.84. The lowest BCUT2D eigenvalue weighted by Gasteiger charge is -2.20. The molecule has 1 N–H and O–H groups in total. The van der Waals surface area contributed by atoms with Crippen molar-refractivity contribution in [2.45, 2.75) is 12.6 Å². The molecule has 0 bridgehead atoms. The molecular formula is C16H19ClN6O. The van der Waals surface area contributed by atoms with E-state index >= 15 is 0 Å². The van der Waals surface area contributed by atoms with Gasteiger partial charge < -0.3 is 9.88 Å². The smallest absolute Gasteiger partial charge is 0.251 e. The highest BCUT2D eigenvalue weighted by molar-refractivity contribution is 5.98. The van der Waals surface area contributed by atoms with Crippen LogP contribution in [0.4, 0.5) is 5.95 Å². The van der Waals surface area contributed by atoms with Crippen LogP contribution in [-0.4, -0.2) is 38.8 Å². The van der Waals surface area contributed by atoms with Crippen LogP contribution in [-0.2, 0) is 18.4 Å². The number of hydrogen-bond acceptors (Lipinski definition) is 4. The van der Waals surface area contributed by atoms with Crippen molar-refractivity contribution in [2.24, 2.45) is 7.05 Å². The maximum atomic E-state index is 13.0. The highest BCUT2D eigenvalue weighted by Gasteiger charge is 2.33. The average Bonchev–Trinajstić information content (AvgIpc) is 3.23. The monoisotopic (exact) mass is 346 g/mol. The molecule has 3 aromatic rings. The summed E-state index contributed by atoms with van der Waals surface area (Å²) in [6.45, 7) is 1.41. The third-order valence-electron chi connectivity index (χ3n) is 4.28. The molecule has 24 heavy (non-hydrogen) atoms. The van der Waals surface area contributed by atoms with E-state index in [1.54, 1.807) is 22.8 Å². The van der Waals surface area contributed by atoms with E-state index in [2.05, 4.69) is 20.0 Å². The Morgan fingerprint density at radius 3 is 2.79 bits per heavy atom. The van der Waals surface area contributed by atoms with Gasteiger partial charge in [0, 0.05) is 31.9 Å². The predicted molar refractivity (Wildman–Crippen MR) is 94.3 cm³/mol. The molecule has 2 aromatic heterocycles. The summed E-state index contributed by atoms with van der Waals surface area (Å²) in [7, 11) is 3.63. The molecule has 3 heterocycles. The second-order valence-corrected chi connectivity index (χ2v) is 5.71. The van der Waals surface area contributed by atoms with Crippen LogP contribution in [0.5, 0.6) is 0 Å². The maximum Gasteiger partial charge on any atom is 0.251 e. The van der Waals surface area contributed by atoms with E-state index in [4.69, 9.17) is 0 Å². The number of nitrogens with one attached hydrogen (secondary N) is 1. The van der Waals surface area contributed by atoms with Crippen LogP contribution in [0.15, 0.2) is 36.7 Å².